The van der Waals surface area contributed by atoms with Crippen LogP contribution in [0.4, 0.5) is 0 Å². The Morgan fingerprint density at radius 1 is 0.950 bits per heavy atom. The molecule has 0 N–H and O–H groups in total. The van der Waals surface area contributed by atoms with Gasteiger partial charge in [-0.3, -0.25) is 0 Å². The number of hydrogen-bond donors (Lipinski definition) is 0. The minimum Gasteiger partial charge on any atom is -0.497 e. The Labute approximate surface area is 123 Å². The van der Waals surface area contributed by atoms with Crippen molar-refractivity contribution >= 4 is 6.08 Å². The fourth-order valence-corrected chi connectivity index (χ4v) is 4.05. The largest absolute Gasteiger partial charge is 0.497 e. The number of fused-ring (bicyclic) bond motifs is 1. The minimum absolute atomic E-state index is 0.802. The summed E-state index contributed by atoms with van der Waals surface area (Å²) in [6.07, 6.45) is 15.0. The van der Waals surface area contributed by atoms with Gasteiger partial charge >= 0.3 is 0 Å². The van der Waals surface area contributed by atoms with Crippen LogP contribution in [0.1, 0.15) is 50.5 Å². The van der Waals surface area contributed by atoms with Gasteiger partial charge in [0.15, 0.2) is 0 Å². The number of ether oxygens (including phenoxy) is 1. The van der Waals surface area contributed by atoms with Gasteiger partial charge in [-0.25, -0.2) is 0 Å². The summed E-state index contributed by atoms with van der Waals surface area (Å²) < 4.78 is 5.20. The van der Waals surface area contributed by atoms with Gasteiger partial charge in [-0.15, -0.1) is 0 Å². The zero-order chi connectivity index (χ0) is 13.8. The molecule has 3 atom stereocenters. The number of methoxy groups -OCH3 is 1. The topological polar surface area (TPSA) is 9.23 Å². The summed E-state index contributed by atoms with van der Waals surface area (Å²) >= 11 is 0. The number of rotatable bonds is 3. The van der Waals surface area contributed by atoms with Crippen LogP contribution in [0.2, 0.25) is 0 Å². The van der Waals surface area contributed by atoms with Gasteiger partial charge in [-0.1, -0.05) is 50.0 Å². The summed E-state index contributed by atoms with van der Waals surface area (Å²) in [7, 11) is 1.72. The fraction of sp³-hybridized carbons (Fsp3) is 0.579. The summed E-state index contributed by atoms with van der Waals surface area (Å²) in [6, 6.07) is 8.36. The lowest BCUT2D eigenvalue weighted by molar-refractivity contribution is 0.147. The number of allylic oxidation sites excluding steroid dienone is 1. The normalized spacial score (nSPS) is 30.1. The smallest absolute Gasteiger partial charge is 0.118 e. The molecule has 2 aliphatic carbocycles. The molecule has 1 heteroatoms. The predicted octanol–water partition coefficient (Wildman–Crippen LogP) is 5.31. The highest BCUT2D eigenvalue weighted by Gasteiger charge is 2.30. The van der Waals surface area contributed by atoms with Gasteiger partial charge in [0.2, 0.25) is 0 Å². The summed E-state index contributed by atoms with van der Waals surface area (Å²) in [5.74, 6) is 3.80. The van der Waals surface area contributed by atoms with E-state index < -0.39 is 0 Å². The van der Waals surface area contributed by atoms with Crippen LogP contribution >= 0.6 is 0 Å². The molecule has 108 valence electrons. The van der Waals surface area contributed by atoms with Crippen molar-refractivity contribution in [2.45, 2.75) is 44.9 Å². The van der Waals surface area contributed by atoms with Crippen LogP contribution < -0.4 is 4.74 Å². The fourth-order valence-electron chi connectivity index (χ4n) is 4.05. The second-order valence-corrected chi connectivity index (χ2v) is 6.51. The van der Waals surface area contributed by atoms with Crippen molar-refractivity contribution in [2.75, 3.05) is 7.11 Å². The highest BCUT2D eigenvalue weighted by atomic mass is 16.5. The van der Waals surface area contributed by atoms with Crippen molar-refractivity contribution in [3.8, 4) is 5.75 Å². The van der Waals surface area contributed by atoms with Gasteiger partial charge in [0, 0.05) is 0 Å². The number of benzene rings is 1. The first-order valence-electron chi connectivity index (χ1n) is 8.17. The van der Waals surface area contributed by atoms with E-state index in [0.29, 0.717) is 0 Å². The van der Waals surface area contributed by atoms with Gasteiger partial charge < -0.3 is 4.74 Å². The Morgan fingerprint density at radius 3 is 2.45 bits per heavy atom. The van der Waals surface area contributed by atoms with Crippen LogP contribution in [0, 0.1) is 17.8 Å². The van der Waals surface area contributed by atoms with Gasteiger partial charge in [-0.05, 0) is 54.7 Å². The van der Waals surface area contributed by atoms with E-state index in [1.54, 1.807) is 7.11 Å². The van der Waals surface area contributed by atoms with Gasteiger partial charge in [-0.2, -0.15) is 0 Å². The van der Waals surface area contributed by atoms with Crippen LogP contribution in [0.3, 0.4) is 0 Å². The van der Waals surface area contributed by atoms with Gasteiger partial charge in [0.05, 0.1) is 7.11 Å². The molecule has 0 aromatic heterocycles. The highest BCUT2D eigenvalue weighted by molar-refractivity contribution is 5.50. The molecule has 2 fully saturated rings. The van der Waals surface area contributed by atoms with E-state index in [2.05, 4.69) is 24.3 Å². The third kappa shape index (κ3) is 3.26. The van der Waals surface area contributed by atoms with Crippen LogP contribution in [0.5, 0.6) is 5.75 Å². The molecule has 1 aromatic carbocycles. The molecule has 0 spiro atoms. The molecule has 0 radical (unpaired) electrons. The van der Waals surface area contributed by atoms with Crippen molar-refractivity contribution in [2.24, 2.45) is 17.8 Å². The molecule has 2 saturated carbocycles. The molecule has 0 aliphatic heterocycles. The molecule has 3 rings (SSSR count). The van der Waals surface area contributed by atoms with E-state index in [0.717, 1.165) is 23.5 Å². The van der Waals surface area contributed by atoms with Gasteiger partial charge in [0.1, 0.15) is 5.75 Å². The maximum absolute atomic E-state index is 5.20. The van der Waals surface area contributed by atoms with Crippen LogP contribution in [-0.2, 0) is 0 Å². The predicted molar refractivity (Wildman–Crippen MR) is 84.8 cm³/mol. The first kappa shape index (κ1) is 13.7. The van der Waals surface area contributed by atoms with E-state index in [9.17, 15) is 0 Å². The summed E-state index contributed by atoms with van der Waals surface area (Å²) in [6.45, 7) is 0. The first-order chi connectivity index (χ1) is 9.85. The molecule has 1 nitrogen and oxygen atoms in total. The van der Waals surface area contributed by atoms with E-state index in [1.165, 1.54) is 50.5 Å². The van der Waals surface area contributed by atoms with Crippen molar-refractivity contribution in [1.82, 2.24) is 0 Å². The molecule has 3 unspecified atom stereocenters. The van der Waals surface area contributed by atoms with E-state index in [-0.39, 0.29) is 0 Å². The quantitative estimate of drug-likeness (QED) is 0.722. The van der Waals surface area contributed by atoms with Gasteiger partial charge in [0.25, 0.3) is 0 Å². The maximum Gasteiger partial charge on any atom is 0.118 e. The Kier molecular flexibility index (Phi) is 4.44. The SMILES string of the molecule is COc1ccc(/C=C/C2CCC3CCCCC3C2)cc1. The van der Waals surface area contributed by atoms with Crippen LogP contribution in [0.15, 0.2) is 30.3 Å². The molecule has 0 bridgehead atoms. The monoisotopic (exact) mass is 270 g/mol. The second kappa shape index (κ2) is 6.47. The molecule has 0 heterocycles. The first-order valence-corrected chi connectivity index (χ1v) is 8.17. The van der Waals surface area contributed by atoms with Crippen molar-refractivity contribution in [3.63, 3.8) is 0 Å². The Hall–Kier alpha value is -1.24. The second-order valence-electron chi connectivity index (χ2n) is 6.51. The molecular formula is C19H26O. The van der Waals surface area contributed by atoms with E-state index >= 15 is 0 Å². The average Bonchev–Trinajstić information content (AvgIpc) is 2.53. The van der Waals surface area contributed by atoms with Crippen molar-refractivity contribution in [1.29, 1.82) is 0 Å². The Balaban J connectivity index is 1.58. The zero-order valence-corrected chi connectivity index (χ0v) is 12.6. The third-order valence-corrected chi connectivity index (χ3v) is 5.26. The van der Waals surface area contributed by atoms with Crippen molar-refractivity contribution < 1.29 is 4.74 Å². The molecule has 1 aromatic rings. The standard InChI is InChI=1S/C19H26O/c1-20-19-12-9-15(10-13-19)6-7-16-8-11-17-4-2-3-5-18(17)14-16/h6-7,9-10,12-13,16-18H,2-5,8,11,14H2,1H3/b7-6+. The summed E-state index contributed by atoms with van der Waals surface area (Å²) in [4.78, 5) is 0. The van der Waals surface area contributed by atoms with Crippen LogP contribution in [-0.4, -0.2) is 7.11 Å². The lowest BCUT2D eigenvalue weighted by Gasteiger charge is -2.38. The number of hydrogen-bond acceptors (Lipinski definition) is 1. The third-order valence-electron chi connectivity index (χ3n) is 5.26. The maximum atomic E-state index is 5.20. The summed E-state index contributed by atoms with van der Waals surface area (Å²) in [5, 5.41) is 0. The van der Waals surface area contributed by atoms with E-state index in [1.807, 2.05) is 12.1 Å². The zero-order valence-electron chi connectivity index (χ0n) is 12.6. The lowest BCUT2D eigenvalue weighted by Crippen LogP contribution is -2.26. The molecule has 0 amide bonds. The Morgan fingerprint density at radius 2 is 1.70 bits per heavy atom. The molecule has 20 heavy (non-hydrogen) atoms. The minimum atomic E-state index is 0.802. The van der Waals surface area contributed by atoms with Crippen molar-refractivity contribution in [3.05, 3.63) is 35.9 Å². The average molecular weight is 270 g/mol. The van der Waals surface area contributed by atoms with E-state index in [4.69, 9.17) is 4.74 Å². The van der Waals surface area contributed by atoms with Crippen LogP contribution in [0.25, 0.3) is 6.08 Å². The Bertz CT molecular complexity index is 445. The molecular weight excluding hydrogens is 244 g/mol. The molecule has 2 aliphatic rings. The molecule has 0 saturated heterocycles. The summed E-state index contributed by atoms with van der Waals surface area (Å²) in [5.41, 5.74) is 1.29. The lowest BCUT2D eigenvalue weighted by atomic mass is 9.67. The highest BCUT2D eigenvalue weighted by Crippen LogP contribution is 2.43.